The molecule has 0 amide bonds. The van der Waals surface area contributed by atoms with E-state index in [-0.39, 0.29) is 0 Å². The Morgan fingerprint density at radius 2 is 2.23 bits per heavy atom. The Balaban J connectivity index is 2.28. The second-order valence-corrected chi connectivity index (χ2v) is 3.03. The van der Waals surface area contributed by atoms with Gasteiger partial charge < -0.3 is 10.5 Å². The number of nitrogens with zero attached hydrogens (tertiary/aromatic N) is 1. The molecule has 1 heterocycles. The second kappa shape index (κ2) is 5.78. The zero-order valence-corrected chi connectivity index (χ0v) is 8.13. The molecule has 0 atom stereocenters. The third kappa shape index (κ3) is 4.10. The molecule has 0 aromatic carbocycles. The predicted molar refractivity (Wildman–Crippen MR) is 53.0 cm³/mol. The summed E-state index contributed by atoms with van der Waals surface area (Å²) in [6, 6.07) is 5.32. The summed E-state index contributed by atoms with van der Waals surface area (Å²) in [6.07, 6.45) is 1.92. The van der Waals surface area contributed by atoms with Crippen LogP contribution in [0.1, 0.15) is 12.8 Å². The maximum absolute atomic E-state index is 5.67. The van der Waals surface area contributed by atoms with Crippen molar-refractivity contribution in [1.29, 1.82) is 0 Å². The molecule has 13 heavy (non-hydrogen) atoms. The zero-order chi connectivity index (χ0) is 9.52. The van der Waals surface area contributed by atoms with E-state index in [9.17, 15) is 0 Å². The topological polar surface area (TPSA) is 48.1 Å². The summed E-state index contributed by atoms with van der Waals surface area (Å²) in [7, 11) is 0. The Morgan fingerprint density at radius 1 is 1.38 bits per heavy atom. The molecule has 0 bridgehead atoms. The van der Waals surface area contributed by atoms with Gasteiger partial charge in [-0.15, -0.1) is 0 Å². The van der Waals surface area contributed by atoms with Crippen LogP contribution in [0.3, 0.4) is 0 Å². The maximum Gasteiger partial charge on any atom is 0.214 e. The van der Waals surface area contributed by atoms with Crippen molar-refractivity contribution in [2.75, 3.05) is 13.2 Å². The number of aromatic nitrogens is 1. The van der Waals surface area contributed by atoms with Gasteiger partial charge in [0.25, 0.3) is 0 Å². The molecule has 0 fully saturated rings. The molecule has 0 aliphatic heterocycles. The van der Waals surface area contributed by atoms with Crippen molar-refractivity contribution in [2.45, 2.75) is 12.8 Å². The molecule has 0 saturated carbocycles. The van der Waals surface area contributed by atoms with Crippen LogP contribution in [-0.2, 0) is 0 Å². The quantitative estimate of drug-likeness (QED) is 0.583. The molecule has 0 radical (unpaired) electrons. The van der Waals surface area contributed by atoms with Crippen molar-refractivity contribution in [3.8, 4) is 5.88 Å². The van der Waals surface area contributed by atoms with Gasteiger partial charge in [0.1, 0.15) is 5.15 Å². The standard InChI is InChI=1S/C9H13ClN2O/c10-8-4-3-5-9(12-8)13-7-2-1-6-11/h3-5H,1-2,6-7,11H2. The van der Waals surface area contributed by atoms with E-state index in [4.69, 9.17) is 22.1 Å². The lowest BCUT2D eigenvalue weighted by atomic mass is 10.3. The fraction of sp³-hybridized carbons (Fsp3) is 0.444. The normalized spacial score (nSPS) is 10.0. The molecule has 1 aromatic rings. The number of halogens is 1. The third-order valence-corrected chi connectivity index (χ3v) is 1.75. The van der Waals surface area contributed by atoms with Gasteiger partial charge in [-0.1, -0.05) is 17.7 Å². The van der Waals surface area contributed by atoms with Crippen LogP contribution in [0.4, 0.5) is 0 Å². The minimum Gasteiger partial charge on any atom is -0.478 e. The molecule has 2 N–H and O–H groups in total. The third-order valence-electron chi connectivity index (χ3n) is 1.54. The Morgan fingerprint density at radius 3 is 2.92 bits per heavy atom. The molecular formula is C9H13ClN2O. The van der Waals surface area contributed by atoms with Crippen molar-refractivity contribution >= 4 is 11.6 Å². The molecule has 0 aliphatic rings. The zero-order valence-electron chi connectivity index (χ0n) is 7.37. The van der Waals surface area contributed by atoms with Gasteiger partial charge in [0.05, 0.1) is 6.61 Å². The first-order chi connectivity index (χ1) is 6.33. The minimum absolute atomic E-state index is 0.455. The van der Waals surface area contributed by atoms with Gasteiger partial charge in [-0.3, -0.25) is 0 Å². The maximum atomic E-state index is 5.67. The van der Waals surface area contributed by atoms with Gasteiger partial charge in [0.15, 0.2) is 0 Å². The van der Waals surface area contributed by atoms with Crippen molar-refractivity contribution in [3.63, 3.8) is 0 Å². The SMILES string of the molecule is NCCCCOc1cccc(Cl)n1. The van der Waals surface area contributed by atoms with E-state index in [1.54, 1.807) is 12.1 Å². The Kier molecular flexibility index (Phi) is 4.57. The molecular weight excluding hydrogens is 188 g/mol. The van der Waals surface area contributed by atoms with Crippen LogP contribution in [0.5, 0.6) is 5.88 Å². The number of hydrogen-bond donors (Lipinski definition) is 1. The van der Waals surface area contributed by atoms with E-state index in [1.807, 2.05) is 6.07 Å². The highest BCUT2D eigenvalue weighted by Gasteiger charge is 1.95. The number of rotatable bonds is 5. The monoisotopic (exact) mass is 200 g/mol. The Labute approximate surface area is 82.9 Å². The molecule has 4 heteroatoms. The molecule has 0 aliphatic carbocycles. The van der Waals surface area contributed by atoms with Gasteiger partial charge in [0, 0.05) is 6.07 Å². The highest BCUT2D eigenvalue weighted by molar-refractivity contribution is 6.29. The highest BCUT2D eigenvalue weighted by Crippen LogP contribution is 2.11. The van der Waals surface area contributed by atoms with Crippen LogP contribution >= 0.6 is 11.6 Å². The first-order valence-corrected chi connectivity index (χ1v) is 4.66. The first kappa shape index (κ1) is 10.3. The Hall–Kier alpha value is -0.800. The highest BCUT2D eigenvalue weighted by atomic mass is 35.5. The van der Waals surface area contributed by atoms with Crippen LogP contribution in [0.15, 0.2) is 18.2 Å². The summed E-state index contributed by atoms with van der Waals surface area (Å²) < 4.78 is 5.34. The predicted octanol–water partition coefficient (Wildman–Crippen LogP) is 1.85. The smallest absolute Gasteiger partial charge is 0.214 e. The minimum atomic E-state index is 0.455. The summed E-state index contributed by atoms with van der Waals surface area (Å²) in [5, 5.41) is 0.455. The van der Waals surface area contributed by atoms with Crippen LogP contribution in [-0.4, -0.2) is 18.1 Å². The molecule has 0 spiro atoms. The van der Waals surface area contributed by atoms with E-state index in [2.05, 4.69) is 4.98 Å². The van der Waals surface area contributed by atoms with E-state index >= 15 is 0 Å². The van der Waals surface area contributed by atoms with Crippen LogP contribution in [0.2, 0.25) is 5.15 Å². The molecule has 1 aromatic heterocycles. The molecule has 3 nitrogen and oxygen atoms in total. The van der Waals surface area contributed by atoms with E-state index < -0.39 is 0 Å². The van der Waals surface area contributed by atoms with Crippen LogP contribution in [0.25, 0.3) is 0 Å². The van der Waals surface area contributed by atoms with E-state index in [0.717, 1.165) is 12.8 Å². The lowest BCUT2D eigenvalue weighted by Crippen LogP contribution is -2.04. The fourth-order valence-electron chi connectivity index (χ4n) is 0.893. The van der Waals surface area contributed by atoms with Crippen LogP contribution < -0.4 is 10.5 Å². The van der Waals surface area contributed by atoms with Crippen LogP contribution in [0, 0.1) is 0 Å². The molecule has 0 unspecified atom stereocenters. The summed E-state index contributed by atoms with van der Waals surface area (Å²) >= 11 is 5.67. The fourth-order valence-corrected chi connectivity index (χ4v) is 1.05. The van der Waals surface area contributed by atoms with Gasteiger partial charge in [-0.2, -0.15) is 0 Å². The van der Waals surface area contributed by atoms with Crippen molar-refractivity contribution in [3.05, 3.63) is 23.4 Å². The average molecular weight is 201 g/mol. The van der Waals surface area contributed by atoms with E-state index in [1.165, 1.54) is 0 Å². The van der Waals surface area contributed by atoms with Gasteiger partial charge in [-0.25, -0.2) is 4.98 Å². The number of pyridine rings is 1. The van der Waals surface area contributed by atoms with E-state index in [0.29, 0.717) is 24.2 Å². The number of unbranched alkanes of at least 4 members (excludes halogenated alkanes) is 1. The van der Waals surface area contributed by atoms with Gasteiger partial charge in [-0.05, 0) is 25.5 Å². The van der Waals surface area contributed by atoms with Gasteiger partial charge >= 0.3 is 0 Å². The number of ether oxygens (including phenoxy) is 1. The largest absolute Gasteiger partial charge is 0.478 e. The van der Waals surface area contributed by atoms with Crippen molar-refractivity contribution in [1.82, 2.24) is 4.98 Å². The molecule has 72 valence electrons. The number of nitrogens with two attached hydrogens (primary N) is 1. The lowest BCUT2D eigenvalue weighted by molar-refractivity contribution is 0.296. The van der Waals surface area contributed by atoms with Gasteiger partial charge in [0.2, 0.25) is 5.88 Å². The summed E-state index contributed by atoms with van der Waals surface area (Å²) in [5.41, 5.74) is 5.34. The number of hydrogen-bond acceptors (Lipinski definition) is 3. The van der Waals surface area contributed by atoms with Crippen molar-refractivity contribution in [2.24, 2.45) is 5.73 Å². The summed E-state index contributed by atoms with van der Waals surface area (Å²) in [5.74, 6) is 0.574. The Bertz CT molecular complexity index is 255. The second-order valence-electron chi connectivity index (χ2n) is 2.64. The molecule has 1 rings (SSSR count). The average Bonchev–Trinajstić information content (AvgIpc) is 2.13. The summed E-state index contributed by atoms with van der Waals surface area (Å²) in [6.45, 7) is 1.34. The summed E-state index contributed by atoms with van der Waals surface area (Å²) in [4.78, 5) is 3.98. The van der Waals surface area contributed by atoms with Crippen molar-refractivity contribution < 1.29 is 4.74 Å². The lowest BCUT2D eigenvalue weighted by Gasteiger charge is -2.03. The first-order valence-electron chi connectivity index (χ1n) is 4.28. The molecule has 0 saturated heterocycles.